The van der Waals surface area contributed by atoms with Gasteiger partial charge in [-0.2, -0.15) is 23.3 Å². The normalized spacial score (nSPS) is 13.4. The second-order valence-corrected chi connectivity index (χ2v) is 22.8. The van der Waals surface area contributed by atoms with Crippen LogP contribution in [0.4, 0.5) is 0 Å². The maximum absolute atomic E-state index is 2.33. The van der Waals surface area contributed by atoms with Gasteiger partial charge in [0.05, 0.1) is 0 Å². The zero-order chi connectivity index (χ0) is 13.8. The molecule has 0 amide bonds. The topological polar surface area (TPSA) is 0 Å². The van der Waals surface area contributed by atoms with Crippen molar-refractivity contribution in [3.63, 3.8) is 0 Å². The van der Waals surface area contributed by atoms with Gasteiger partial charge in [-0.25, -0.2) is 6.07 Å². The van der Waals surface area contributed by atoms with Crippen LogP contribution in [0.25, 0.3) is 0 Å². The largest absolute Gasteiger partial charge is 5.00 e. The van der Waals surface area contributed by atoms with Crippen molar-refractivity contribution < 1.29 is 17.1 Å². The minimum absolute atomic E-state index is 0. The summed E-state index contributed by atoms with van der Waals surface area (Å²) in [6.07, 6.45) is 0. The summed E-state index contributed by atoms with van der Waals surface area (Å²) in [6, 6.07) is 6.83. The van der Waals surface area contributed by atoms with Gasteiger partial charge in [-0.05, 0) is 0 Å². The standard InChI is InChI=1S/C13H21.Fe.H5P5/c1-12(2,3)10-7-8-11(9-10)13(4,5)6;;1-2-4-5-3-1/h7-9H,1-6H3;;1-5H/q-1;+5;. The summed E-state index contributed by atoms with van der Waals surface area (Å²) in [5, 5.41) is 0. The van der Waals surface area contributed by atoms with E-state index >= 15 is 0 Å². The monoisotopic (exact) mass is 393 g/mol. The van der Waals surface area contributed by atoms with Gasteiger partial charge in [0, 0.05) is 0 Å². The molecule has 2 rings (SSSR count). The van der Waals surface area contributed by atoms with E-state index in [0.717, 1.165) is 0 Å². The van der Waals surface area contributed by atoms with Crippen LogP contribution in [0, 0.1) is 0 Å². The smallest absolute Gasteiger partial charge is 0.210 e. The van der Waals surface area contributed by atoms with E-state index in [4.69, 9.17) is 0 Å². The molecule has 0 nitrogen and oxygen atoms in total. The molecule has 0 aliphatic heterocycles. The van der Waals surface area contributed by atoms with Crippen LogP contribution < -0.4 is 0 Å². The van der Waals surface area contributed by atoms with Gasteiger partial charge in [0.25, 0.3) is 0 Å². The Morgan fingerprint density at radius 1 is 0.842 bits per heavy atom. The quantitative estimate of drug-likeness (QED) is 0.335. The van der Waals surface area contributed by atoms with Crippen molar-refractivity contribution in [2.24, 2.45) is 0 Å². The summed E-state index contributed by atoms with van der Waals surface area (Å²) in [5.74, 6) is 0. The van der Waals surface area contributed by atoms with E-state index in [-0.39, 0.29) is 27.9 Å². The van der Waals surface area contributed by atoms with E-state index in [9.17, 15) is 0 Å². The molecular formula is C13H26FeP5+4. The predicted octanol–water partition coefficient (Wildman–Crippen LogP) is 6.97. The number of hydrogen-bond donors (Lipinski definition) is 0. The molecule has 0 aliphatic rings. The fourth-order valence-corrected chi connectivity index (χ4v) is 39.3. The Morgan fingerprint density at radius 2 is 1.26 bits per heavy atom. The first-order chi connectivity index (χ1) is 8.21. The first-order valence-corrected chi connectivity index (χ1v) is 16.2. The molecular weight excluding hydrogens is 367 g/mol. The van der Waals surface area contributed by atoms with Gasteiger partial charge < -0.3 is 0 Å². The summed E-state index contributed by atoms with van der Waals surface area (Å²) < 4.78 is 0. The minimum atomic E-state index is 0. The molecule has 0 aliphatic carbocycles. The Morgan fingerprint density at radius 3 is 1.47 bits per heavy atom. The van der Waals surface area contributed by atoms with Gasteiger partial charge in [-0.1, -0.05) is 90.1 Å². The van der Waals surface area contributed by atoms with Crippen molar-refractivity contribution in [3.8, 4) is 0 Å². The van der Waals surface area contributed by atoms with Crippen molar-refractivity contribution in [3.05, 3.63) is 29.3 Å². The maximum atomic E-state index is 2.33. The Balaban J connectivity index is 0.000000454. The number of rotatable bonds is 0. The molecule has 6 heteroatoms. The van der Waals surface area contributed by atoms with Crippen molar-refractivity contribution in [1.82, 2.24) is 0 Å². The summed E-state index contributed by atoms with van der Waals surface area (Å²) in [6.45, 7) is 13.6. The van der Waals surface area contributed by atoms with Crippen LogP contribution in [0.3, 0.4) is 0 Å². The van der Waals surface area contributed by atoms with Crippen LogP contribution in [-0.4, -0.2) is 0 Å². The Hall–Kier alpha value is 1.37. The van der Waals surface area contributed by atoms with Crippen molar-refractivity contribution in [2.75, 3.05) is 0 Å². The van der Waals surface area contributed by atoms with Gasteiger partial charge in [-0.15, -0.1) is 0 Å². The van der Waals surface area contributed by atoms with Gasteiger partial charge in [0.1, 0.15) is 0 Å². The van der Waals surface area contributed by atoms with Gasteiger partial charge in [0.2, 0.25) is 0 Å². The average molecular weight is 393 g/mol. The Kier molecular flexibility index (Phi) is 9.35. The molecule has 1 heterocycles. The molecule has 0 saturated carbocycles. The van der Waals surface area contributed by atoms with Crippen LogP contribution in [0.5, 0.6) is 0 Å². The fourth-order valence-electron chi connectivity index (χ4n) is 1.53. The second kappa shape index (κ2) is 8.73. The van der Waals surface area contributed by atoms with E-state index in [1.54, 1.807) is 0 Å². The molecule has 1 aromatic heterocycles. The minimum Gasteiger partial charge on any atom is -0.210 e. The molecule has 0 unspecified atom stereocenters. The van der Waals surface area contributed by atoms with Crippen molar-refractivity contribution in [1.29, 1.82) is 0 Å². The molecule has 0 atom stereocenters. The van der Waals surface area contributed by atoms with Crippen LogP contribution in [0.1, 0.15) is 52.7 Å². The van der Waals surface area contributed by atoms with Crippen LogP contribution >= 0.6 is 37.7 Å². The molecule has 0 fully saturated rings. The molecule has 1 radical (unpaired) electrons. The van der Waals surface area contributed by atoms with E-state index in [2.05, 4.69) is 59.7 Å². The molecule has 0 spiro atoms. The zero-order valence-electron chi connectivity index (χ0n) is 12.6. The molecule has 0 saturated heterocycles. The molecule has 0 N–H and O–H groups in total. The number of hydrogen-bond acceptors (Lipinski definition) is 0. The Bertz CT molecular complexity index is 402. The SMILES string of the molecule is CC(C)(C)c1cc[c-](C(C)(C)C)c1.[Fe+5].[pH]1[pH][pH][pH][pH]1. The first kappa shape index (κ1) is 20.4. The summed E-state index contributed by atoms with van der Waals surface area (Å²) in [4.78, 5) is 0. The van der Waals surface area contributed by atoms with Gasteiger partial charge in [0.15, 0.2) is 0 Å². The molecule has 1 aromatic carbocycles. The van der Waals surface area contributed by atoms with E-state index in [0.29, 0.717) is 0 Å². The van der Waals surface area contributed by atoms with Gasteiger partial charge >= 0.3 is 17.1 Å². The first-order valence-electron chi connectivity index (χ1n) is 6.24. The predicted molar refractivity (Wildman–Crippen MR) is 101 cm³/mol. The molecule has 19 heavy (non-hydrogen) atoms. The van der Waals surface area contributed by atoms with Crippen molar-refractivity contribution >= 4 is 37.7 Å². The molecule has 0 bridgehead atoms. The maximum Gasteiger partial charge on any atom is 5.00 e. The molecule has 2 aromatic rings. The van der Waals surface area contributed by atoms with E-state index < -0.39 is 0 Å². The third-order valence-corrected chi connectivity index (χ3v) is 27.8. The van der Waals surface area contributed by atoms with Gasteiger partial charge in [-0.3, -0.25) is 0 Å². The summed E-state index contributed by atoms with van der Waals surface area (Å²) in [7, 11) is 6.94. The zero-order valence-corrected chi connectivity index (χ0v) is 18.7. The van der Waals surface area contributed by atoms with Crippen molar-refractivity contribution in [2.45, 2.75) is 52.4 Å². The van der Waals surface area contributed by atoms with E-state index in [1.807, 2.05) is 0 Å². The van der Waals surface area contributed by atoms with E-state index in [1.165, 1.54) is 48.9 Å². The third-order valence-electron chi connectivity index (χ3n) is 2.80. The van der Waals surface area contributed by atoms with Crippen LogP contribution in [-0.2, 0) is 27.9 Å². The summed E-state index contributed by atoms with van der Waals surface area (Å²) >= 11 is 0. The van der Waals surface area contributed by atoms with Crippen LogP contribution in [0.15, 0.2) is 18.2 Å². The third kappa shape index (κ3) is 7.80. The second-order valence-electron chi connectivity index (χ2n) is 6.51. The average Bonchev–Trinajstić information content (AvgIpc) is 2.91. The molecule has 107 valence electrons. The summed E-state index contributed by atoms with van der Waals surface area (Å²) in [5.41, 5.74) is 3.45. The van der Waals surface area contributed by atoms with Crippen LogP contribution in [0.2, 0.25) is 0 Å². The fraction of sp³-hybridized carbons (Fsp3) is 0.615. The Labute approximate surface area is 136 Å².